The number of hydrogen-bond acceptors (Lipinski definition) is 2. The van der Waals surface area contributed by atoms with Crippen LogP contribution in [0.1, 0.15) is 25.3 Å². The Labute approximate surface area is 131 Å². The van der Waals surface area contributed by atoms with E-state index in [0.29, 0.717) is 12.8 Å². The van der Waals surface area contributed by atoms with Gasteiger partial charge in [0.2, 0.25) is 0 Å². The minimum atomic E-state index is -0.0682. The highest BCUT2D eigenvalue weighted by atomic mass is 16.1. The molecule has 0 aromatic heterocycles. The first-order valence-electron chi connectivity index (χ1n) is 7.81. The van der Waals surface area contributed by atoms with Crippen LogP contribution in [0.25, 0.3) is 11.1 Å². The fourth-order valence-corrected chi connectivity index (χ4v) is 3.34. The predicted octanol–water partition coefficient (Wildman–Crippen LogP) is 4.08. The van der Waals surface area contributed by atoms with Crippen LogP contribution < -0.4 is 0 Å². The molecule has 1 fully saturated rings. The highest BCUT2D eigenvalue weighted by molar-refractivity contribution is 5.91. The van der Waals surface area contributed by atoms with Crippen molar-refractivity contribution in [3.8, 4) is 11.1 Å². The zero-order valence-corrected chi connectivity index (χ0v) is 12.8. The standard InChI is InChI=1S/C20H20O2/c1-14(21)17-12-18(20(22)13-17)11-16-9-5-6-10-19(16)15-7-3-2-4-8-15/h2-10,17-18H,11-13H2,1H3/t17-,18-/m1/s1. The lowest BCUT2D eigenvalue weighted by atomic mass is 9.90. The first-order valence-corrected chi connectivity index (χ1v) is 7.81. The zero-order valence-electron chi connectivity index (χ0n) is 12.8. The summed E-state index contributed by atoms with van der Waals surface area (Å²) in [5.41, 5.74) is 3.55. The summed E-state index contributed by atoms with van der Waals surface area (Å²) in [4.78, 5) is 23.7. The quantitative estimate of drug-likeness (QED) is 0.851. The number of carbonyl (C=O) groups is 2. The van der Waals surface area contributed by atoms with Gasteiger partial charge < -0.3 is 0 Å². The first-order chi connectivity index (χ1) is 10.6. The molecule has 0 aliphatic heterocycles. The second-order valence-electron chi connectivity index (χ2n) is 6.14. The van der Waals surface area contributed by atoms with Gasteiger partial charge in [-0.1, -0.05) is 54.6 Å². The van der Waals surface area contributed by atoms with Gasteiger partial charge in [-0.2, -0.15) is 0 Å². The van der Waals surface area contributed by atoms with Crippen LogP contribution in [0.5, 0.6) is 0 Å². The van der Waals surface area contributed by atoms with Crippen LogP contribution in [0.15, 0.2) is 54.6 Å². The SMILES string of the molecule is CC(=O)[C@H]1CC(=O)[C@H](Cc2ccccc2-c2ccccc2)C1. The Morgan fingerprint density at radius 3 is 2.41 bits per heavy atom. The summed E-state index contributed by atoms with van der Waals surface area (Å²) in [5, 5.41) is 0. The van der Waals surface area contributed by atoms with Crippen molar-refractivity contribution >= 4 is 11.6 Å². The highest BCUT2D eigenvalue weighted by Gasteiger charge is 2.34. The number of carbonyl (C=O) groups excluding carboxylic acids is 2. The molecule has 2 atom stereocenters. The lowest BCUT2D eigenvalue weighted by molar-refractivity contribution is -0.124. The van der Waals surface area contributed by atoms with Crippen LogP contribution in [-0.2, 0) is 16.0 Å². The van der Waals surface area contributed by atoms with E-state index in [0.717, 1.165) is 6.42 Å². The van der Waals surface area contributed by atoms with Gasteiger partial charge in [0, 0.05) is 18.3 Å². The van der Waals surface area contributed by atoms with Crippen molar-refractivity contribution in [2.45, 2.75) is 26.2 Å². The molecule has 2 aromatic carbocycles. The Balaban J connectivity index is 1.85. The molecule has 2 aromatic rings. The average molecular weight is 292 g/mol. The topological polar surface area (TPSA) is 34.1 Å². The average Bonchev–Trinajstić information content (AvgIpc) is 2.90. The molecule has 3 rings (SSSR count). The fraction of sp³-hybridized carbons (Fsp3) is 0.300. The molecule has 1 aliphatic carbocycles. The van der Waals surface area contributed by atoms with E-state index < -0.39 is 0 Å². The maximum Gasteiger partial charge on any atom is 0.137 e. The summed E-state index contributed by atoms with van der Waals surface area (Å²) >= 11 is 0. The van der Waals surface area contributed by atoms with E-state index in [9.17, 15) is 9.59 Å². The molecule has 0 heterocycles. The number of ketones is 2. The van der Waals surface area contributed by atoms with Crippen LogP contribution in [0.2, 0.25) is 0 Å². The molecule has 2 heteroatoms. The van der Waals surface area contributed by atoms with E-state index in [1.807, 2.05) is 30.3 Å². The monoisotopic (exact) mass is 292 g/mol. The van der Waals surface area contributed by atoms with Crippen molar-refractivity contribution in [1.82, 2.24) is 0 Å². The van der Waals surface area contributed by atoms with Crippen molar-refractivity contribution in [2.75, 3.05) is 0 Å². The highest BCUT2D eigenvalue weighted by Crippen LogP contribution is 2.33. The van der Waals surface area contributed by atoms with Gasteiger partial charge in [-0.15, -0.1) is 0 Å². The summed E-state index contributed by atoms with van der Waals surface area (Å²) in [6.07, 6.45) is 1.86. The molecule has 0 bridgehead atoms. The van der Waals surface area contributed by atoms with Gasteiger partial charge in [0.25, 0.3) is 0 Å². The van der Waals surface area contributed by atoms with E-state index in [1.54, 1.807) is 6.92 Å². The Kier molecular flexibility index (Phi) is 4.19. The lowest BCUT2D eigenvalue weighted by Gasteiger charge is -2.13. The Morgan fingerprint density at radius 1 is 1.05 bits per heavy atom. The Hall–Kier alpha value is -2.22. The minimum absolute atomic E-state index is 0.0150. The molecular weight excluding hydrogens is 272 g/mol. The molecule has 2 nitrogen and oxygen atoms in total. The van der Waals surface area contributed by atoms with Gasteiger partial charge in [0.1, 0.15) is 11.6 Å². The molecule has 0 spiro atoms. The van der Waals surface area contributed by atoms with Crippen molar-refractivity contribution in [3.05, 3.63) is 60.2 Å². The maximum absolute atomic E-state index is 12.2. The lowest BCUT2D eigenvalue weighted by Crippen LogP contribution is -2.10. The molecular formula is C20H20O2. The van der Waals surface area contributed by atoms with E-state index in [1.165, 1.54) is 16.7 Å². The zero-order chi connectivity index (χ0) is 15.5. The number of hydrogen-bond donors (Lipinski definition) is 0. The van der Waals surface area contributed by atoms with Gasteiger partial charge in [-0.05, 0) is 36.5 Å². The minimum Gasteiger partial charge on any atom is -0.300 e. The third-order valence-electron chi connectivity index (χ3n) is 4.62. The largest absolute Gasteiger partial charge is 0.300 e. The van der Waals surface area contributed by atoms with Crippen LogP contribution in [0, 0.1) is 11.8 Å². The summed E-state index contributed by atoms with van der Waals surface area (Å²) in [7, 11) is 0. The normalized spacial score (nSPS) is 21.0. The molecule has 1 aliphatic rings. The van der Waals surface area contributed by atoms with E-state index >= 15 is 0 Å². The smallest absolute Gasteiger partial charge is 0.137 e. The van der Waals surface area contributed by atoms with Crippen LogP contribution in [0.4, 0.5) is 0 Å². The van der Waals surface area contributed by atoms with Crippen LogP contribution >= 0.6 is 0 Å². The Bertz CT molecular complexity index is 688. The van der Waals surface area contributed by atoms with Gasteiger partial charge in [-0.25, -0.2) is 0 Å². The van der Waals surface area contributed by atoms with Crippen molar-refractivity contribution in [2.24, 2.45) is 11.8 Å². The molecule has 0 saturated heterocycles. The molecule has 112 valence electrons. The third kappa shape index (κ3) is 3.01. The van der Waals surface area contributed by atoms with Crippen LogP contribution in [-0.4, -0.2) is 11.6 Å². The second-order valence-corrected chi connectivity index (χ2v) is 6.14. The Morgan fingerprint density at radius 2 is 1.73 bits per heavy atom. The maximum atomic E-state index is 12.2. The van der Waals surface area contributed by atoms with E-state index in [2.05, 4.69) is 24.3 Å². The van der Waals surface area contributed by atoms with Crippen molar-refractivity contribution in [1.29, 1.82) is 0 Å². The fourth-order valence-electron chi connectivity index (χ4n) is 3.34. The molecule has 1 saturated carbocycles. The summed E-state index contributed by atoms with van der Waals surface area (Å²) < 4.78 is 0. The van der Waals surface area contributed by atoms with Gasteiger partial charge in [-0.3, -0.25) is 9.59 Å². The number of Topliss-reactive ketones (excluding diaryl/α,β-unsaturated/α-hetero) is 2. The predicted molar refractivity (Wildman–Crippen MR) is 87.5 cm³/mol. The van der Waals surface area contributed by atoms with Crippen LogP contribution in [0.3, 0.4) is 0 Å². The molecule has 0 amide bonds. The number of benzene rings is 2. The summed E-state index contributed by atoms with van der Waals surface area (Å²) in [6.45, 7) is 1.60. The summed E-state index contributed by atoms with van der Waals surface area (Å²) in [5.74, 6) is 0.301. The van der Waals surface area contributed by atoms with Gasteiger partial charge in [0.15, 0.2) is 0 Å². The third-order valence-corrected chi connectivity index (χ3v) is 4.62. The van der Waals surface area contributed by atoms with Crippen molar-refractivity contribution < 1.29 is 9.59 Å². The molecule has 22 heavy (non-hydrogen) atoms. The first kappa shape index (κ1) is 14.7. The van der Waals surface area contributed by atoms with Crippen molar-refractivity contribution in [3.63, 3.8) is 0 Å². The van der Waals surface area contributed by atoms with E-state index in [4.69, 9.17) is 0 Å². The molecule has 0 radical (unpaired) electrons. The van der Waals surface area contributed by atoms with E-state index in [-0.39, 0.29) is 23.4 Å². The van der Waals surface area contributed by atoms with Gasteiger partial charge in [0.05, 0.1) is 0 Å². The number of rotatable bonds is 4. The molecule has 0 unspecified atom stereocenters. The van der Waals surface area contributed by atoms with Gasteiger partial charge >= 0.3 is 0 Å². The summed E-state index contributed by atoms with van der Waals surface area (Å²) in [6, 6.07) is 18.5. The molecule has 0 N–H and O–H groups in total. The second kappa shape index (κ2) is 6.27.